The van der Waals surface area contributed by atoms with Gasteiger partial charge in [-0.1, -0.05) is 18.2 Å². The van der Waals surface area contributed by atoms with Gasteiger partial charge in [-0.3, -0.25) is 4.79 Å². The molecule has 2 aromatic carbocycles. The zero-order valence-corrected chi connectivity index (χ0v) is 16.5. The van der Waals surface area contributed by atoms with Crippen molar-refractivity contribution in [1.29, 1.82) is 0 Å². The van der Waals surface area contributed by atoms with Crippen LogP contribution in [0.3, 0.4) is 0 Å². The molecule has 1 aliphatic heterocycles. The number of anilines is 2. The largest absolute Gasteiger partial charge is 0.372 e. The molecule has 0 radical (unpaired) electrons. The van der Waals surface area contributed by atoms with Gasteiger partial charge in [-0.25, -0.2) is 0 Å². The highest BCUT2D eigenvalue weighted by Gasteiger charge is 2.11. The van der Waals surface area contributed by atoms with Gasteiger partial charge in [0.15, 0.2) is 5.78 Å². The van der Waals surface area contributed by atoms with Crippen LogP contribution in [0.1, 0.15) is 49.0 Å². The zero-order valence-electron chi connectivity index (χ0n) is 16.5. The van der Waals surface area contributed by atoms with Gasteiger partial charge in [-0.05, 0) is 81.1 Å². The van der Waals surface area contributed by atoms with E-state index < -0.39 is 0 Å². The predicted octanol–water partition coefficient (Wildman–Crippen LogP) is 5.42. The topological polar surface area (TPSA) is 23.6 Å². The first kappa shape index (κ1) is 19.2. The summed E-state index contributed by atoms with van der Waals surface area (Å²) < 4.78 is 0. The van der Waals surface area contributed by atoms with Gasteiger partial charge < -0.3 is 9.80 Å². The van der Waals surface area contributed by atoms with Crippen LogP contribution in [-0.4, -0.2) is 32.0 Å². The number of ketones is 1. The summed E-state index contributed by atoms with van der Waals surface area (Å²) in [5, 5.41) is 0. The minimum Gasteiger partial charge on any atom is -0.372 e. The van der Waals surface area contributed by atoms with Crippen molar-refractivity contribution >= 4 is 23.2 Å². The van der Waals surface area contributed by atoms with Crippen LogP contribution in [0, 0.1) is 0 Å². The molecule has 0 amide bonds. The van der Waals surface area contributed by atoms with E-state index in [1.54, 1.807) is 6.08 Å². The second kappa shape index (κ2) is 9.40. The summed E-state index contributed by atoms with van der Waals surface area (Å²) in [5.74, 6) is 0.0491. The molecule has 142 valence electrons. The van der Waals surface area contributed by atoms with Crippen molar-refractivity contribution in [3.05, 3.63) is 65.7 Å². The van der Waals surface area contributed by atoms with Crippen molar-refractivity contribution in [1.82, 2.24) is 0 Å². The van der Waals surface area contributed by atoms with Gasteiger partial charge in [-0.2, -0.15) is 0 Å². The van der Waals surface area contributed by atoms with Crippen molar-refractivity contribution in [3.63, 3.8) is 0 Å². The SMILES string of the molecule is CCN(CC)c1ccc(/C=C/C(=O)c2ccc(N3CCCCC3)cc2)cc1. The minimum absolute atomic E-state index is 0.0491. The Bertz CT molecular complexity index is 752. The summed E-state index contributed by atoms with van der Waals surface area (Å²) >= 11 is 0. The molecule has 1 aliphatic rings. The first-order valence-electron chi connectivity index (χ1n) is 10.1. The molecule has 0 aromatic heterocycles. The third kappa shape index (κ3) is 5.00. The van der Waals surface area contributed by atoms with E-state index in [2.05, 4.69) is 60.0 Å². The van der Waals surface area contributed by atoms with Crippen LogP contribution in [0.5, 0.6) is 0 Å². The molecular formula is C24H30N2O. The first-order chi connectivity index (χ1) is 13.2. The fourth-order valence-corrected chi connectivity index (χ4v) is 3.64. The van der Waals surface area contributed by atoms with Crippen molar-refractivity contribution in [3.8, 4) is 0 Å². The van der Waals surface area contributed by atoms with Crippen LogP contribution >= 0.6 is 0 Å². The molecule has 0 saturated carbocycles. The summed E-state index contributed by atoms with van der Waals surface area (Å²) in [7, 11) is 0. The number of hydrogen-bond acceptors (Lipinski definition) is 3. The lowest BCUT2D eigenvalue weighted by atomic mass is 10.1. The predicted molar refractivity (Wildman–Crippen MR) is 116 cm³/mol. The fraction of sp³-hybridized carbons (Fsp3) is 0.375. The summed E-state index contributed by atoms with van der Waals surface area (Å²) in [5.41, 5.74) is 4.23. The molecule has 0 atom stereocenters. The highest BCUT2D eigenvalue weighted by molar-refractivity contribution is 6.07. The van der Waals surface area contributed by atoms with E-state index in [9.17, 15) is 4.79 Å². The Labute approximate surface area is 163 Å². The van der Waals surface area contributed by atoms with Gasteiger partial charge in [0, 0.05) is 43.1 Å². The molecule has 0 aliphatic carbocycles. The first-order valence-corrected chi connectivity index (χ1v) is 10.1. The average molecular weight is 363 g/mol. The molecule has 3 heteroatoms. The zero-order chi connectivity index (χ0) is 19.1. The lowest BCUT2D eigenvalue weighted by molar-refractivity contribution is 0.104. The Balaban J connectivity index is 1.62. The van der Waals surface area contributed by atoms with Gasteiger partial charge in [0.25, 0.3) is 0 Å². The van der Waals surface area contributed by atoms with E-state index in [1.165, 1.54) is 30.6 Å². The van der Waals surface area contributed by atoms with Crippen LogP contribution < -0.4 is 9.80 Å². The Hall–Kier alpha value is -2.55. The number of hydrogen-bond donors (Lipinski definition) is 0. The molecular weight excluding hydrogens is 332 g/mol. The fourth-order valence-electron chi connectivity index (χ4n) is 3.64. The van der Waals surface area contributed by atoms with Crippen molar-refractivity contribution < 1.29 is 4.79 Å². The van der Waals surface area contributed by atoms with Gasteiger partial charge in [0.1, 0.15) is 0 Å². The van der Waals surface area contributed by atoms with Crippen molar-refractivity contribution in [2.24, 2.45) is 0 Å². The van der Waals surface area contributed by atoms with Gasteiger partial charge >= 0.3 is 0 Å². The Morgan fingerprint density at radius 1 is 0.926 bits per heavy atom. The van der Waals surface area contributed by atoms with E-state index >= 15 is 0 Å². The molecule has 0 spiro atoms. The average Bonchev–Trinajstić information content (AvgIpc) is 2.74. The molecule has 3 rings (SSSR count). The second-order valence-electron chi connectivity index (χ2n) is 7.06. The van der Waals surface area contributed by atoms with Crippen LogP contribution in [0.25, 0.3) is 6.08 Å². The van der Waals surface area contributed by atoms with Crippen LogP contribution in [0.15, 0.2) is 54.6 Å². The number of allylic oxidation sites excluding steroid dienone is 1. The van der Waals surface area contributed by atoms with Crippen LogP contribution in [0.2, 0.25) is 0 Å². The number of piperidine rings is 1. The highest BCUT2D eigenvalue weighted by Crippen LogP contribution is 2.21. The number of rotatable bonds is 7. The van der Waals surface area contributed by atoms with Crippen molar-refractivity contribution in [2.45, 2.75) is 33.1 Å². The van der Waals surface area contributed by atoms with E-state index in [0.717, 1.165) is 37.3 Å². The summed E-state index contributed by atoms with van der Waals surface area (Å²) in [6.45, 7) is 8.56. The maximum atomic E-state index is 12.5. The second-order valence-corrected chi connectivity index (χ2v) is 7.06. The van der Waals surface area contributed by atoms with E-state index in [1.807, 2.05) is 18.2 Å². The lowest BCUT2D eigenvalue weighted by Crippen LogP contribution is -2.29. The summed E-state index contributed by atoms with van der Waals surface area (Å²) in [4.78, 5) is 17.2. The standard InChI is InChI=1S/C24H30N2O/c1-3-25(4-2)22-13-8-20(9-14-22)10-17-24(27)21-11-15-23(16-12-21)26-18-6-5-7-19-26/h8-17H,3-7,18-19H2,1-2H3/b17-10+. The number of nitrogens with zero attached hydrogens (tertiary/aromatic N) is 2. The highest BCUT2D eigenvalue weighted by atomic mass is 16.1. The molecule has 0 N–H and O–H groups in total. The molecule has 1 fully saturated rings. The molecule has 1 saturated heterocycles. The van der Waals surface area contributed by atoms with Gasteiger partial charge in [-0.15, -0.1) is 0 Å². The lowest BCUT2D eigenvalue weighted by Gasteiger charge is -2.28. The minimum atomic E-state index is 0.0491. The summed E-state index contributed by atoms with van der Waals surface area (Å²) in [6, 6.07) is 16.4. The van der Waals surface area contributed by atoms with Crippen LogP contribution in [0.4, 0.5) is 11.4 Å². The smallest absolute Gasteiger partial charge is 0.185 e. The quantitative estimate of drug-likeness (QED) is 0.485. The normalized spacial score (nSPS) is 14.5. The summed E-state index contributed by atoms with van der Waals surface area (Å²) in [6.07, 6.45) is 7.41. The molecule has 0 bridgehead atoms. The van der Waals surface area contributed by atoms with Crippen LogP contribution in [-0.2, 0) is 0 Å². The molecule has 0 unspecified atom stereocenters. The Kier molecular flexibility index (Phi) is 6.69. The molecule has 27 heavy (non-hydrogen) atoms. The molecule has 3 nitrogen and oxygen atoms in total. The van der Waals surface area contributed by atoms with Gasteiger partial charge in [0.2, 0.25) is 0 Å². The van der Waals surface area contributed by atoms with E-state index in [0.29, 0.717) is 0 Å². The van der Waals surface area contributed by atoms with E-state index in [4.69, 9.17) is 0 Å². The van der Waals surface area contributed by atoms with E-state index in [-0.39, 0.29) is 5.78 Å². The monoisotopic (exact) mass is 362 g/mol. The molecule has 2 aromatic rings. The third-order valence-corrected chi connectivity index (χ3v) is 5.32. The maximum Gasteiger partial charge on any atom is 0.185 e. The molecule has 1 heterocycles. The van der Waals surface area contributed by atoms with Crippen molar-refractivity contribution in [2.75, 3.05) is 36.0 Å². The Morgan fingerprint density at radius 2 is 1.56 bits per heavy atom. The third-order valence-electron chi connectivity index (χ3n) is 5.32. The Morgan fingerprint density at radius 3 is 2.15 bits per heavy atom. The number of carbonyl (C=O) groups excluding carboxylic acids is 1. The number of carbonyl (C=O) groups is 1. The maximum absolute atomic E-state index is 12.5. The van der Waals surface area contributed by atoms with Gasteiger partial charge in [0.05, 0.1) is 0 Å². The number of benzene rings is 2.